The van der Waals surface area contributed by atoms with Crippen molar-refractivity contribution in [3.05, 3.63) is 57.7 Å². The summed E-state index contributed by atoms with van der Waals surface area (Å²) in [6.07, 6.45) is 1.67. The van der Waals surface area contributed by atoms with E-state index in [2.05, 4.69) is 15.3 Å². The summed E-state index contributed by atoms with van der Waals surface area (Å²) >= 11 is 12.9. The number of nitrogens with two attached hydrogens (primary N) is 1. The molecule has 11 heteroatoms. The van der Waals surface area contributed by atoms with Gasteiger partial charge in [0.05, 0.1) is 39.4 Å². The molecule has 2 aromatic heterocycles. The van der Waals surface area contributed by atoms with E-state index in [0.717, 1.165) is 5.69 Å². The van der Waals surface area contributed by atoms with E-state index in [-0.39, 0.29) is 17.4 Å². The van der Waals surface area contributed by atoms with Crippen LogP contribution in [0.5, 0.6) is 0 Å². The number of imidazole rings is 1. The molecule has 0 saturated carbocycles. The maximum absolute atomic E-state index is 13.2. The lowest BCUT2D eigenvalue weighted by Crippen LogP contribution is -2.40. The van der Waals surface area contributed by atoms with Gasteiger partial charge < -0.3 is 25.3 Å². The maximum atomic E-state index is 13.2. The smallest absolute Gasteiger partial charge is 0.410 e. The van der Waals surface area contributed by atoms with E-state index in [4.69, 9.17) is 33.7 Å². The molecule has 3 N–H and O–H groups in total. The first-order valence-electron chi connectivity index (χ1n) is 11.0. The maximum Gasteiger partial charge on any atom is 0.410 e. The Bertz CT molecular complexity index is 1320. The molecule has 0 atom stereocenters. The van der Waals surface area contributed by atoms with Crippen LogP contribution in [-0.4, -0.2) is 43.6 Å². The average Bonchev–Trinajstić information content (AvgIpc) is 3.12. The number of hydrogen-bond donors (Lipinski definition) is 2. The van der Waals surface area contributed by atoms with Crippen LogP contribution in [0.3, 0.4) is 0 Å². The number of ether oxygens (including phenoxy) is 1. The molecule has 3 aromatic rings. The number of rotatable bonds is 3. The lowest BCUT2D eigenvalue weighted by molar-refractivity contribution is 0.0220. The predicted molar refractivity (Wildman–Crippen MR) is 136 cm³/mol. The summed E-state index contributed by atoms with van der Waals surface area (Å²) in [6.45, 7) is 6.20. The minimum Gasteiger partial charge on any atom is -0.444 e. The fraction of sp³-hybridized carbons (Fsp3) is 0.333. The molecule has 4 rings (SSSR count). The van der Waals surface area contributed by atoms with Crippen molar-refractivity contribution in [1.82, 2.24) is 19.4 Å². The number of nitrogen functional groups attached to an aromatic ring is 1. The van der Waals surface area contributed by atoms with Crippen LogP contribution in [0, 0.1) is 0 Å². The number of nitrogens with one attached hydrogen (secondary N) is 1. The van der Waals surface area contributed by atoms with E-state index >= 15 is 0 Å². The van der Waals surface area contributed by atoms with Gasteiger partial charge in [-0.05, 0) is 32.9 Å². The first kappa shape index (κ1) is 24.8. The van der Waals surface area contributed by atoms with Crippen LogP contribution >= 0.6 is 23.2 Å². The van der Waals surface area contributed by atoms with Crippen LogP contribution in [0.15, 0.2) is 30.5 Å². The third-order valence-electron chi connectivity index (χ3n) is 5.53. The van der Waals surface area contributed by atoms with Crippen molar-refractivity contribution in [3.8, 4) is 11.3 Å². The summed E-state index contributed by atoms with van der Waals surface area (Å²) in [5, 5.41) is 3.37. The monoisotopic (exact) mass is 516 g/mol. The Morgan fingerprint density at radius 1 is 1.17 bits per heavy atom. The molecule has 0 unspecified atom stereocenters. The number of amides is 2. The molecule has 1 aliphatic heterocycles. The van der Waals surface area contributed by atoms with E-state index in [0.29, 0.717) is 46.3 Å². The number of carbonyl (C=O) groups is 2. The molecule has 0 spiro atoms. The number of hydrogen-bond acceptors (Lipinski definition) is 6. The summed E-state index contributed by atoms with van der Waals surface area (Å²) in [5.74, 6) is -0.235. The lowest BCUT2D eigenvalue weighted by atomic mass is 10.1. The minimum absolute atomic E-state index is 0.206. The number of anilines is 2. The number of carbonyl (C=O) groups excluding carboxylic acids is 2. The number of benzene rings is 1. The van der Waals surface area contributed by atoms with Gasteiger partial charge in [0, 0.05) is 37.5 Å². The molecule has 0 bridgehead atoms. The van der Waals surface area contributed by atoms with Gasteiger partial charge in [-0.1, -0.05) is 35.3 Å². The Hall–Kier alpha value is -3.30. The van der Waals surface area contributed by atoms with Gasteiger partial charge in [-0.25, -0.2) is 9.78 Å². The van der Waals surface area contributed by atoms with Crippen molar-refractivity contribution in [2.45, 2.75) is 39.3 Å². The summed E-state index contributed by atoms with van der Waals surface area (Å²) in [6, 6.07) is 6.77. The quantitative estimate of drug-likeness (QED) is 0.477. The highest BCUT2D eigenvalue weighted by atomic mass is 35.5. The molecule has 0 radical (unpaired) electrons. The molecule has 2 amide bonds. The zero-order chi connectivity index (χ0) is 25.5. The molecule has 0 fully saturated rings. The summed E-state index contributed by atoms with van der Waals surface area (Å²) < 4.78 is 7.21. The van der Waals surface area contributed by atoms with Crippen molar-refractivity contribution in [2.75, 3.05) is 17.6 Å². The van der Waals surface area contributed by atoms with Crippen LogP contribution in [-0.2, 0) is 24.8 Å². The standard InChI is InChI=1S/C24H26Cl2N6O3/c1-24(2,3)35-23(34)32-11-9-17-16(12-32)29-21(31(17)4)22(33)30-15-8-10-28-20(19(15)26)13-6-5-7-14(27)18(13)25/h5-8,10H,9,11-12,27H2,1-4H3,(H,28,30,33). The van der Waals surface area contributed by atoms with Crippen molar-refractivity contribution < 1.29 is 14.3 Å². The summed E-state index contributed by atoms with van der Waals surface area (Å²) in [4.78, 5) is 36.0. The van der Waals surface area contributed by atoms with Crippen molar-refractivity contribution in [1.29, 1.82) is 0 Å². The number of fused-ring (bicyclic) bond motifs is 1. The Morgan fingerprint density at radius 3 is 2.63 bits per heavy atom. The minimum atomic E-state index is -0.592. The van der Waals surface area contributed by atoms with Crippen molar-refractivity contribution in [3.63, 3.8) is 0 Å². The van der Waals surface area contributed by atoms with E-state index in [1.165, 1.54) is 6.20 Å². The second-order valence-corrected chi connectivity index (χ2v) is 9.98. The predicted octanol–water partition coefficient (Wildman–Crippen LogP) is 4.92. The average molecular weight is 517 g/mol. The highest BCUT2D eigenvalue weighted by molar-refractivity contribution is 6.39. The SMILES string of the molecule is Cn1c(C(=O)Nc2ccnc(-c3cccc(N)c3Cl)c2Cl)nc2c1CCN(C(=O)OC(C)(C)C)C2. The van der Waals surface area contributed by atoms with E-state index in [1.807, 2.05) is 20.8 Å². The molecule has 35 heavy (non-hydrogen) atoms. The van der Waals surface area contributed by atoms with Gasteiger partial charge in [-0.3, -0.25) is 9.78 Å². The third-order valence-corrected chi connectivity index (χ3v) is 6.34. The van der Waals surface area contributed by atoms with Gasteiger partial charge in [0.15, 0.2) is 5.82 Å². The molecule has 0 saturated heterocycles. The molecule has 0 aliphatic carbocycles. The Balaban J connectivity index is 1.57. The third kappa shape index (κ3) is 5.06. The van der Waals surface area contributed by atoms with E-state index in [9.17, 15) is 9.59 Å². The van der Waals surface area contributed by atoms with Crippen LogP contribution in [0.2, 0.25) is 10.0 Å². The highest BCUT2D eigenvalue weighted by Gasteiger charge is 2.30. The topological polar surface area (TPSA) is 115 Å². The van der Waals surface area contributed by atoms with E-state index < -0.39 is 17.6 Å². The second-order valence-electron chi connectivity index (χ2n) is 9.22. The molecule has 184 valence electrons. The number of aromatic nitrogens is 3. The zero-order valence-electron chi connectivity index (χ0n) is 19.9. The van der Waals surface area contributed by atoms with Crippen LogP contribution in [0.1, 0.15) is 42.8 Å². The molecule has 9 nitrogen and oxygen atoms in total. The van der Waals surface area contributed by atoms with E-state index in [1.54, 1.807) is 40.8 Å². The molecular weight excluding hydrogens is 491 g/mol. The van der Waals surface area contributed by atoms with Crippen LogP contribution in [0.4, 0.5) is 16.2 Å². The van der Waals surface area contributed by atoms with Gasteiger partial charge in [0.2, 0.25) is 0 Å². The largest absolute Gasteiger partial charge is 0.444 e. The normalized spacial score (nSPS) is 13.4. The van der Waals surface area contributed by atoms with Crippen molar-refractivity contribution >= 4 is 46.6 Å². The Labute approximate surface area is 213 Å². The fourth-order valence-corrected chi connectivity index (χ4v) is 4.33. The number of nitrogens with zero attached hydrogens (tertiary/aromatic N) is 4. The van der Waals surface area contributed by atoms with Gasteiger partial charge in [-0.15, -0.1) is 0 Å². The zero-order valence-corrected chi connectivity index (χ0v) is 21.4. The first-order chi connectivity index (χ1) is 16.5. The Kier molecular flexibility index (Phi) is 6.66. The first-order valence-corrected chi connectivity index (χ1v) is 11.7. The van der Waals surface area contributed by atoms with Crippen LogP contribution in [0.25, 0.3) is 11.3 Å². The number of halogens is 2. The van der Waals surface area contributed by atoms with Gasteiger partial charge in [-0.2, -0.15) is 0 Å². The molecule has 1 aromatic carbocycles. The molecular formula is C24H26Cl2N6O3. The number of pyridine rings is 1. The Morgan fingerprint density at radius 2 is 1.91 bits per heavy atom. The molecule has 1 aliphatic rings. The second kappa shape index (κ2) is 9.39. The highest BCUT2D eigenvalue weighted by Crippen LogP contribution is 2.38. The molecule has 3 heterocycles. The lowest BCUT2D eigenvalue weighted by Gasteiger charge is -2.29. The summed E-state index contributed by atoms with van der Waals surface area (Å²) in [5.41, 5.74) is 8.58. The van der Waals surface area contributed by atoms with Gasteiger partial charge >= 0.3 is 6.09 Å². The summed E-state index contributed by atoms with van der Waals surface area (Å²) in [7, 11) is 1.77. The van der Waals surface area contributed by atoms with Gasteiger partial charge in [0.1, 0.15) is 5.60 Å². The van der Waals surface area contributed by atoms with Gasteiger partial charge in [0.25, 0.3) is 5.91 Å². The fourth-order valence-electron chi connectivity index (χ4n) is 3.85. The van der Waals surface area contributed by atoms with Crippen LogP contribution < -0.4 is 11.1 Å². The van der Waals surface area contributed by atoms with Crippen molar-refractivity contribution in [2.24, 2.45) is 7.05 Å².